The predicted molar refractivity (Wildman–Crippen MR) is 29.4 cm³/mol. The van der Waals surface area contributed by atoms with E-state index < -0.39 is 0 Å². The van der Waals surface area contributed by atoms with E-state index in [-0.39, 0.29) is 15.0 Å². The van der Waals surface area contributed by atoms with Crippen molar-refractivity contribution >= 4 is 20.3 Å². The third-order valence-electron chi connectivity index (χ3n) is 0.471. The number of hydrogen-bond acceptors (Lipinski definition) is 0. The van der Waals surface area contributed by atoms with E-state index in [1.165, 1.54) is 0 Å². The molecule has 0 amide bonds. The Kier molecular flexibility index (Phi) is 2.86. The third kappa shape index (κ3) is 4.41. The minimum absolute atomic E-state index is 0.0208. The maximum absolute atomic E-state index is 3.84. The maximum atomic E-state index is 3.84. The van der Waals surface area contributed by atoms with Crippen molar-refractivity contribution in [2.45, 2.75) is 18.6 Å². The zero-order valence-electron chi connectivity index (χ0n) is 3.86. The standard InChI is InChI=1S/C4H10Ge/c1-4(2)5-3/h4-5H,3H2,1-2H3. The van der Waals surface area contributed by atoms with Gasteiger partial charge in [-0.25, -0.2) is 0 Å². The Balaban J connectivity index is 2.83. The van der Waals surface area contributed by atoms with Crippen molar-refractivity contribution in [3.8, 4) is 0 Å². The summed E-state index contributed by atoms with van der Waals surface area (Å²) in [6.07, 6.45) is 0. The average molecular weight is 131 g/mol. The van der Waals surface area contributed by atoms with E-state index in [4.69, 9.17) is 0 Å². The van der Waals surface area contributed by atoms with Crippen molar-refractivity contribution in [2.24, 2.45) is 0 Å². The summed E-state index contributed by atoms with van der Waals surface area (Å²) >= 11 is -0.0208. The van der Waals surface area contributed by atoms with Gasteiger partial charge in [0.2, 0.25) is 0 Å². The van der Waals surface area contributed by atoms with Crippen molar-refractivity contribution in [1.29, 1.82) is 0 Å². The van der Waals surface area contributed by atoms with Crippen LogP contribution in [-0.4, -0.2) is 20.3 Å². The van der Waals surface area contributed by atoms with E-state index in [1.54, 1.807) is 0 Å². The van der Waals surface area contributed by atoms with Crippen molar-refractivity contribution in [1.82, 2.24) is 0 Å². The molecule has 0 aromatic rings. The SMILES string of the molecule is [CH2]=[GeH][CH](C)C. The van der Waals surface area contributed by atoms with Gasteiger partial charge in [0.25, 0.3) is 0 Å². The molecule has 0 aliphatic carbocycles. The van der Waals surface area contributed by atoms with E-state index in [2.05, 4.69) is 19.2 Å². The Bertz CT molecular complexity index is 30.6. The topological polar surface area (TPSA) is 0 Å². The molecular weight excluding hydrogens is 121 g/mol. The summed E-state index contributed by atoms with van der Waals surface area (Å²) in [6, 6.07) is 0. The molecule has 5 heavy (non-hydrogen) atoms. The first-order valence-electron chi connectivity index (χ1n) is 1.90. The molecule has 0 aromatic carbocycles. The molecule has 0 atom stereocenters. The molecule has 0 radical (unpaired) electrons. The first kappa shape index (κ1) is 5.41. The molecule has 0 N–H and O–H groups in total. The van der Waals surface area contributed by atoms with Crippen LogP contribution in [0.4, 0.5) is 0 Å². The van der Waals surface area contributed by atoms with Crippen LogP contribution in [0.5, 0.6) is 0 Å². The molecule has 0 aromatic heterocycles. The van der Waals surface area contributed by atoms with Gasteiger partial charge in [0.05, 0.1) is 0 Å². The Morgan fingerprint density at radius 3 is 1.80 bits per heavy atom. The van der Waals surface area contributed by atoms with E-state index >= 15 is 0 Å². The van der Waals surface area contributed by atoms with Gasteiger partial charge >= 0.3 is 38.9 Å². The van der Waals surface area contributed by atoms with Gasteiger partial charge in [-0.05, 0) is 0 Å². The van der Waals surface area contributed by atoms with Gasteiger partial charge in [-0.3, -0.25) is 0 Å². The van der Waals surface area contributed by atoms with Crippen LogP contribution in [-0.2, 0) is 0 Å². The number of hydrogen-bond donors (Lipinski definition) is 0. The molecule has 0 saturated heterocycles. The van der Waals surface area contributed by atoms with Gasteiger partial charge in [-0.1, -0.05) is 0 Å². The Morgan fingerprint density at radius 2 is 1.80 bits per heavy atom. The fourth-order valence-corrected chi connectivity index (χ4v) is 0. The second kappa shape index (κ2) is 2.64. The third-order valence-corrected chi connectivity index (χ3v) is 2.45. The molecule has 0 heterocycles. The summed E-state index contributed by atoms with van der Waals surface area (Å²) in [5.74, 6) is 0. The second-order valence-corrected chi connectivity index (χ2v) is 5.27. The zero-order chi connectivity index (χ0) is 4.28. The molecule has 0 aliphatic rings. The Hall–Kier alpha value is 0.413. The molecule has 0 unspecified atom stereocenters. The summed E-state index contributed by atoms with van der Waals surface area (Å²) < 4.78 is 0.929. The summed E-state index contributed by atoms with van der Waals surface area (Å²) in [7, 11) is 0. The molecule has 0 bridgehead atoms. The van der Waals surface area contributed by atoms with E-state index in [0.29, 0.717) is 0 Å². The molecule has 0 spiro atoms. The van der Waals surface area contributed by atoms with Gasteiger partial charge < -0.3 is 0 Å². The fraction of sp³-hybridized carbons (Fsp3) is 0.750. The monoisotopic (exact) mass is 132 g/mol. The van der Waals surface area contributed by atoms with Crippen molar-refractivity contribution in [3.63, 3.8) is 0 Å². The molecule has 0 saturated carbocycles. The average Bonchev–Trinajstić information content (AvgIpc) is 1.38. The molecular formula is C4H10Ge. The van der Waals surface area contributed by atoms with Crippen molar-refractivity contribution in [2.75, 3.05) is 0 Å². The van der Waals surface area contributed by atoms with Crippen LogP contribution in [0.25, 0.3) is 0 Å². The molecule has 0 rings (SSSR count). The van der Waals surface area contributed by atoms with Crippen molar-refractivity contribution < 1.29 is 0 Å². The van der Waals surface area contributed by atoms with E-state index in [9.17, 15) is 0 Å². The van der Waals surface area contributed by atoms with Crippen LogP contribution in [0, 0.1) is 0 Å². The minimum atomic E-state index is -0.0208. The van der Waals surface area contributed by atoms with Crippen LogP contribution in [0.15, 0.2) is 0 Å². The van der Waals surface area contributed by atoms with Crippen LogP contribution in [0.1, 0.15) is 13.8 Å². The predicted octanol–water partition coefficient (Wildman–Crippen LogP) is 0.683. The number of rotatable bonds is 1. The summed E-state index contributed by atoms with van der Waals surface area (Å²) in [6.45, 7) is 4.46. The normalized spacial score (nSPS) is 8.60. The zero-order valence-corrected chi connectivity index (χ0v) is 6.28. The summed E-state index contributed by atoms with van der Waals surface area (Å²) in [5.41, 5.74) is 0. The Labute approximate surface area is 39.6 Å². The van der Waals surface area contributed by atoms with Crippen LogP contribution >= 0.6 is 0 Å². The van der Waals surface area contributed by atoms with E-state index in [1.807, 2.05) is 0 Å². The first-order valence-corrected chi connectivity index (χ1v) is 5.01. The first-order chi connectivity index (χ1) is 2.27. The van der Waals surface area contributed by atoms with Crippen LogP contribution < -0.4 is 0 Å². The van der Waals surface area contributed by atoms with Gasteiger partial charge in [-0.2, -0.15) is 0 Å². The molecule has 0 aliphatic heterocycles. The van der Waals surface area contributed by atoms with Crippen LogP contribution in [0.3, 0.4) is 0 Å². The van der Waals surface area contributed by atoms with Crippen LogP contribution in [0.2, 0.25) is 4.75 Å². The van der Waals surface area contributed by atoms with Gasteiger partial charge in [0.1, 0.15) is 0 Å². The van der Waals surface area contributed by atoms with Crippen molar-refractivity contribution in [3.05, 3.63) is 0 Å². The molecule has 30 valence electrons. The van der Waals surface area contributed by atoms with Gasteiger partial charge in [0.15, 0.2) is 0 Å². The summed E-state index contributed by atoms with van der Waals surface area (Å²) in [4.78, 5) is 0. The van der Waals surface area contributed by atoms with Gasteiger partial charge in [0, 0.05) is 0 Å². The molecule has 0 nitrogen and oxygen atoms in total. The quantitative estimate of drug-likeness (QED) is 0.459. The van der Waals surface area contributed by atoms with E-state index in [0.717, 1.165) is 4.75 Å². The molecule has 0 fully saturated rings. The van der Waals surface area contributed by atoms with Gasteiger partial charge in [-0.15, -0.1) is 0 Å². The Morgan fingerprint density at radius 1 is 1.60 bits per heavy atom. The molecule has 1 heteroatoms. The summed E-state index contributed by atoms with van der Waals surface area (Å²) in [5, 5.41) is 3.84. The fourth-order valence-electron chi connectivity index (χ4n) is 0. The second-order valence-electron chi connectivity index (χ2n) is 1.48.